The molecule has 0 aliphatic heterocycles. The SMILES string of the molecule is CCCC/C=N/NC(=O)c1ccc(Cl)cc1O. The van der Waals surface area contributed by atoms with Gasteiger partial charge in [0.15, 0.2) is 0 Å². The van der Waals surface area contributed by atoms with Gasteiger partial charge in [0.05, 0.1) is 5.56 Å². The smallest absolute Gasteiger partial charge is 0.275 e. The average Bonchev–Trinajstić information content (AvgIpc) is 2.28. The van der Waals surface area contributed by atoms with Crippen molar-refractivity contribution in [1.29, 1.82) is 0 Å². The molecule has 0 saturated heterocycles. The van der Waals surface area contributed by atoms with E-state index in [2.05, 4.69) is 17.5 Å². The number of hydrazone groups is 1. The Morgan fingerprint density at radius 2 is 2.35 bits per heavy atom. The number of phenols is 1. The van der Waals surface area contributed by atoms with Gasteiger partial charge in [0.2, 0.25) is 0 Å². The number of benzene rings is 1. The Morgan fingerprint density at radius 3 is 3.00 bits per heavy atom. The Bertz CT molecular complexity index is 419. The number of rotatable bonds is 5. The van der Waals surface area contributed by atoms with E-state index < -0.39 is 5.91 Å². The van der Waals surface area contributed by atoms with Gasteiger partial charge in [0.25, 0.3) is 5.91 Å². The van der Waals surface area contributed by atoms with Gasteiger partial charge in [-0.05, 0) is 31.0 Å². The van der Waals surface area contributed by atoms with Crippen molar-refractivity contribution in [3.63, 3.8) is 0 Å². The highest BCUT2D eigenvalue weighted by atomic mass is 35.5. The molecule has 0 fully saturated rings. The van der Waals surface area contributed by atoms with Crippen molar-refractivity contribution < 1.29 is 9.90 Å². The molecule has 1 aromatic carbocycles. The van der Waals surface area contributed by atoms with Crippen LogP contribution in [0.5, 0.6) is 5.75 Å². The van der Waals surface area contributed by atoms with Crippen LogP contribution < -0.4 is 5.43 Å². The van der Waals surface area contributed by atoms with Crippen LogP contribution in [0.15, 0.2) is 23.3 Å². The van der Waals surface area contributed by atoms with E-state index in [1.165, 1.54) is 18.2 Å². The molecule has 92 valence electrons. The van der Waals surface area contributed by atoms with Crippen LogP contribution in [0, 0.1) is 0 Å². The van der Waals surface area contributed by atoms with Gasteiger partial charge < -0.3 is 5.11 Å². The van der Waals surface area contributed by atoms with Gasteiger partial charge in [-0.1, -0.05) is 24.9 Å². The molecule has 1 rings (SSSR count). The zero-order chi connectivity index (χ0) is 12.7. The van der Waals surface area contributed by atoms with Crippen LogP contribution in [-0.2, 0) is 0 Å². The molecule has 0 bridgehead atoms. The molecular formula is C12H15ClN2O2. The highest BCUT2D eigenvalue weighted by Crippen LogP contribution is 2.21. The molecule has 0 aromatic heterocycles. The molecule has 0 aliphatic carbocycles. The predicted molar refractivity (Wildman–Crippen MR) is 68.6 cm³/mol. The number of hydrogen-bond acceptors (Lipinski definition) is 3. The van der Waals surface area contributed by atoms with Crippen molar-refractivity contribution in [3.05, 3.63) is 28.8 Å². The van der Waals surface area contributed by atoms with Gasteiger partial charge in [-0.25, -0.2) is 5.43 Å². The summed E-state index contributed by atoms with van der Waals surface area (Å²) < 4.78 is 0. The first kappa shape index (κ1) is 13.5. The largest absolute Gasteiger partial charge is 0.507 e. The van der Waals surface area contributed by atoms with Gasteiger partial charge >= 0.3 is 0 Å². The van der Waals surface area contributed by atoms with Crippen LogP contribution in [0.3, 0.4) is 0 Å². The minimum absolute atomic E-state index is 0.154. The first-order valence-electron chi connectivity index (χ1n) is 5.45. The van der Waals surface area contributed by atoms with E-state index in [4.69, 9.17) is 11.6 Å². The fourth-order valence-electron chi connectivity index (χ4n) is 1.22. The third-order valence-electron chi connectivity index (χ3n) is 2.15. The summed E-state index contributed by atoms with van der Waals surface area (Å²) in [6, 6.07) is 4.31. The summed E-state index contributed by atoms with van der Waals surface area (Å²) in [5, 5.41) is 13.7. The van der Waals surface area contributed by atoms with E-state index in [-0.39, 0.29) is 11.3 Å². The van der Waals surface area contributed by atoms with Crippen molar-refractivity contribution >= 4 is 23.7 Å². The first-order valence-corrected chi connectivity index (χ1v) is 5.83. The minimum atomic E-state index is -0.452. The third-order valence-corrected chi connectivity index (χ3v) is 2.38. The summed E-state index contributed by atoms with van der Waals surface area (Å²) in [6.45, 7) is 2.08. The van der Waals surface area contributed by atoms with Crippen molar-refractivity contribution in [2.45, 2.75) is 26.2 Å². The fraction of sp³-hybridized carbons (Fsp3) is 0.333. The van der Waals surface area contributed by atoms with E-state index in [0.29, 0.717) is 5.02 Å². The summed E-state index contributed by atoms with van der Waals surface area (Å²) in [7, 11) is 0. The van der Waals surface area contributed by atoms with E-state index in [9.17, 15) is 9.90 Å². The summed E-state index contributed by atoms with van der Waals surface area (Å²) in [5.74, 6) is -0.606. The second-order valence-corrected chi connectivity index (χ2v) is 3.99. The van der Waals surface area contributed by atoms with Gasteiger partial charge in [-0.3, -0.25) is 4.79 Å². The number of halogens is 1. The number of carbonyl (C=O) groups is 1. The number of phenolic OH excluding ortho intramolecular Hbond substituents is 1. The number of hydrogen-bond donors (Lipinski definition) is 2. The standard InChI is InChI=1S/C12H15ClN2O2/c1-2-3-4-7-14-15-12(17)10-6-5-9(13)8-11(10)16/h5-8,16H,2-4H2,1H3,(H,15,17)/b14-7+. The molecule has 0 atom stereocenters. The van der Waals surface area contributed by atoms with Crippen LogP contribution in [-0.4, -0.2) is 17.2 Å². The number of aromatic hydroxyl groups is 1. The highest BCUT2D eigenvalue weighted by Gasteiger charge is 2.09. The lowest BCUT2D eigenvalue weighted by Gasteiger charge is -2.02. The van der Waals surface area contributed by atoms with E-state index in [1.807, 2.05) is 0 Å². The Balaban J connectivity index is 2.55. The Labute approximate surface area is 105 Å². The van der Waals surface area contributed by atoms with Crippen molar-refractivity contribution in [1.82, 2.24) is 5.43 Å². The molecule has 1 amide bonds. The maximum absolute atomic E-state index is 11.6. The van der Waals surface area contributed by atoms with Crippen LogP contribution >= 0.6 is 11.6 Å². The molecule has 1 aromatic rings. The summed E-state index contributed by atoms with van der Waals surface area (Å²) in [4.78, 5) is 11.6. The van der Waals surface area contributed by atoms with Gasteiger partial charge in [-0.2, -0.15) is 5.10 Å². The number of carbonyl (C=O) groups excluding carboxylic acids is 1. The minimum Gasteiger partial charge on any atom is -0.507 e. The normalized spacial score (nSPS) is 10.7. The maximum atomic E-state index is 11.6. The van der Waals surface area contributed by atoms with Crippen LogP contribution in [0.2, 0.25) is 5.02 Å². The number of unbranched alkanes of at least 4 members (excludes halogenated alkanes) is 2. The summed E-state index contributed by atoms with van der Waals surface area (Å²) in [6.07, 6.45) is 4.58. The third kappa shape index (κ3) is 4.44. The molecule has 0 spiro atoms. The van der Waals surface area contributed by atoms with Crippen molar-refractivity contribution in [2.75, 3.05) is 0 Å². The molecule has 5 heteroatoms. The number of amides is 1. The van der Waals surface area contributed by atoms with E-state index in [1.54, 1.807) is 6.21 Å². The molecule has 2 N–H and O–H groups in total. The van der Waals surface area contributed by atoms with Crippen molar-refractivity contribution in [2.24, 2.45) is 5.10 Å². The zero-order valence-corrected chi connectivity index (χ0v) is 10.4. The van der Waals surface area contributed by atoms with Crippen LogP contribution in [0.25, 0.3) is 0 Å². The molecule has 0 aliphatic rings. The molecule has 4 nitrogen and oxygen atoms in total. The van der Waals surface area contributed by atoms with Gasteiger partial charge in [0.1, 0.15) is 5.75 Å². The second-order valence-electron chi connectivity index (χ2n) is 3.56. The summed E-state index contributed by atoms with van der Waals surface area (Å²) >= 11 is 5.66. The van der Waals surface area contributed by atoms with Crippen LogP contribution in [0.4, 0.5) is 0 Å². The molecule has 0 saturated carbocycles. The van der Waals surface area contributed by atoms with Gasteiger partial charge in [0, 0.05) is 11.2 Å². The average molecular weight is 255 g/mol. The molecule has 17 heavy (non-hydrogen) atoms. The summed E-state index contributed by atoms with van der Waals surface area (Å²) in [5.41, 5.74) is 2.50. The zero-order valence-electron chi connectivity index (χ0n) is 9.61. The second kappa shape index (κ2) is 6.91. The Hall–Kier alpha value is -1.55. The van der Waals surface area contributed by atoms with E-state index in [0.717, 1.165) is 19.3 Å². The number of nitrogens with zero attached hydrogens (tertiary/aromatic N) is 1. The topological polar surface area (TPSA) is 61.7 Å². The lowest BCUT2D eigenvalue weighted by molar-refractivity contribution is 0.0952. The molecule has 0 heterocycles. The monoisotopic (exact) mass is 254 g/mol. The highest BCUT2D eigenvalue weighted by molar-refractivity contribution is 6.30. The first-order chi connectivity index (χ1) is 8.15. The Morgan fingerprint density at radius 1 is 1.59 bits per heavy atom. The van der Waals surface area contributed by atoms with Crippen LogP contribution in [0.1, 0.15) is 36.5 Å². The van der Waals surface area contributed by atoms with Gasteiger partial charge in [-0.15, -0.1) is 0 Å². The lowest BCUT2D eigenvalue weighted by atomic mass is 10.2. The Kier molecular flexibility index (Phi) is 5.49. The molecular weight excluding hydrogens is 240 g/mol. The van der Waals surface area contributed by atoms with Crippen molar-refractivity contribution in [3.8, 4) is 5.75 Å². The molecule has 0 radical (unpaired) electrons. The van der Waals surface area contributed by atoms with E-state index >= 15 is 0 Å². The predicted octanol–water partition coefficient (Wildman–Crippen LogP) is 2.95. The number of nitrogens with one attached hydrogen (secondary N) is 1. The fourth-order valence-corrected chi connectivity index (χ4v) is 1.39. The maximum Gasteiger partial charge on any atom is 0.275 e. The lowest BCUT2D eigenvalue weighted by Crippen LogP contribution is -2.17. The molecule has 0 unspecified atom stereocenters. The quantitative estimate of drug-likeness (QED) is 0.482.